The summed E-state index contributed by atoms with van der Waals surface area (Å²) in [5.41, 5.74) is -6.43. The topological polar surface area (TPSA) is 32.3 Å². The highest BCUT2D eigenvalue weighted by Gasteiger charge is 2.73. The van der Waals surface area contributed by atoms with Crippen LogP contribution in [0.15, 0.2) is 18.2 Å². The fourth-order valence-electron chi connectivity index (χ4n) is 5.55. The lowest BCUT2D eigenvalue weighted by Gasteiger charge is -2.40. The first kappa shape index (κ1) is 23.3. The number of hydrogen-bond acceptors (Lipinski definition) is 2. The van der Waals surface area contributed by atoms with Crippen molar-refractivity contribution in [2.24, 2.45) is 5.41 Å². The summed E-state index contributed by atoms with van der Waals surface area (Å²) in [6.45, 7) is 3.94. The van der Waals surface area contributed by atoms with Crippen LogP contribution in [0.3, 0.4) is 0 Å². The lowest BCUT2D eigenvalue weighted by Crippen LogP contribution is -2.51. The highest BCUT2D eigenvalue weighted by molar-refractivity contribution is 5.83. The Labute approximate surface area is 181 Å². The van der Waals surface area contributed by atoms with Crippen molar-refractivity contribution in [1.29, 1.82) is 0 Å². The Hall–Kier alpha value is -1.84. The molecule has 2 atom stereocenters. The molecule has 2 aliphatic heterocycles. The number of fused-ring (bicyclic) bond motifs is 3. The summed E-state index contributed by atoms with van der Waals surface area (Å²) in [5, 5.41) is 3.23. The number of amides is 1. The summed E-state index contributed by atoms with van der Waals surface area (Å²) in [7, 11) is 0. The Kier molecular flexibility index (Phi) is 5.54. The molecule has 2 saturated heterocycles. The third-order valence-electron chi connectivity index (χ3n) is 7.46. The average molecular weight is 466 g/mol. The first-order valence-corrected chi connectivity index (χ1v) is 10.8. The minimum absolute atomic E-state index is 0.0588. The number of benzene rings is 1. The van der Waals surface area contributed by atoms with Crippen LogP contribution in [-0.2, 0) is 16.9 Å². The highest BCUT2D eigenvalue weighted by Crippen LogP contribution is 2.54. The van der Waals surface area contributed by atoms with Crippen LogP contribution in [0.5, 0.6) is 0 Å². The molecule has 0 saturated carbocycles. The van der Waals surface area contributed by atoms with E-state index in [1.54, 1.807) is 0 Å². The van der Waals surface area contributed by atoms with E-state index in [4.69, 9.17) is 0 Å². The summed E-state index contributed by atoms with van der Waals surface area (Å²) >= 11 is 0. The molecule has 178 valence electrons. The Morgan fingerprint density at radius 1 is 1.03 bits per heavy atom. The lowest BCUT2D eigenvalue weighted by atomic mass is 9.76. The summed E-state index contributed by atoms with van der Waals surface area (Å²) in [6, 6.07) is 2.35. The van der Waals surface area contributed by atoms with E-state index in [0.29, 0.717) is 55.5 Å². The summed E-state index contributed by atoms with van der Waals surface area (Å²) in [4.78, 5) is 15.1. The zero-order valence-corrected chi connectivity index (χ0v) is 17.5. The first-order chi connectivity index (χ1) is 14.8. The van der Waals surface area contributed by atoms with Crippen LogP contribution in [-0.4, -0.2) is 48.8 Å². The molecule has 1 N–H and O–H groups in total. The van der Waals surface area contributed by atoms with Gasteiger partial charge in [-0.2, -0.15) is 26.3 Å². The number of rotatable bonds is 2. The number of piperidine rings is 1. The third-order valence-corrected chi connectivity index (χ3v) is 7.46. The number of carbonyl (C=O) groups excluding carboxylic acids is 1. The smallest absolute Gasteiger partial charge is 0.339 e. The van der Waals surface area contributed by atoms with E-state index in [0.717, 1.165) is 13.1 Å². The van der Waals surface area contributed by atoms with E-state index in [2.05, 4.69) is 5.32 Å². The van der Waals surface area contributed by atoms with Gasteiger partial charge in [0.25, 0.3) is 0 Å². The Morgan fingerprint density at radius 2 is 1.66 bits per heavy atom. The van der Waals surface area contributed by atoms with Crippen molar-refractivity contribution in [1.82, 2.24) is 10.2 Å². The van der Waals surface area contributed by atoms with Gasteiger partial charge < -0.3 is 10.2 Å². The molecule has 32 heavy (non-hydrogen) atoms. The number of alkyl halides is 7. The Bertz CT molecular complexity index is 875. The van der Waals surface area contributed by atoms with E-state index >= 15 is 0 Å². The van der Waals surface area contributed by atoms with Crippen LogP contribution < -0.4 is 5.32 Å². The lowest BCUT2D eigenvalue weighted by molar-refractivity contribution is -0.348. The molecule has 0 radical (unpaired) electrons. The van der Waals surface area contributed by atoms with Crippen LogP contribution in [0, 0.1) is 5.41 Å². The summed E-state index contributed by atoms with van der Waals surface area (Å²) in [5.74, 6) is -0.115. The molecule has 1 aromatic carbocycles. The second-order valence-corrected chi connectivity index (χ2v) is 9.38. The van der Waals surface area contributed by atoms with Crippen molar-refractivity contribution in [3.8, 4) is 0 Å². The van der Waals surface area contributed by atoms with Gasteiger partial charge in [-0.3, -0.25) is 4.79 Å². The van der Waals surface area contributed by atoms with Gasteiger partial charge >= 0.3 is 18.0 Å². The van der Waals surface area contributed by atoms with Gasteiger partial charge in [0.05, 0.1) is 0 Å². The standard InChI is InChI=1S/C22H25F7N2O/c1-19(7-9-30-10-8-19)18(32)31-11-6-16-15-4-3-14(12-13(15)2-5-17(16)31)20(23,21(24,25)26)22(27,28)29/h3-4,12,16-17,30H,2,5-11H2,1H3/t16?,17-/m1/s1. The molecule has 1 unspecified atom stereocenters. The maximum atomic E-state index is 14.5. The van der Waals surface area contributed by atoms with Crippen molar-refractivity contribution in [2.75, 3.05) is 19.6 Å². The maximum absolute atomic E-state index is 14.5. The van der Waals surface area contributed by atoms with Gasteiger partial charge in [-0.1, -0.05) is 25.1 Å². The second-order valence-electron chi connectivity index (χ2n) is 9.38. The minimum Gasteiger partial charge on any atom is -0.339 e. The fourth-order valence-corrected chi connectivity index (χ4v) is 5.55. The molecular weight excluding hydrogens is 441 g/mol. The average Bonchev–Trinajstić information content (AvgIpc) is 3.15. The molecule has 1 aromatic rings. The number of aryl methyl sites for hydroxylation is 1. The molecule has 0 spiro atoms. The van der Waals surface area contributed by atoms with Gasteiger partial charge in [-0.05, 0) is 56.3 Å². The zero-order valence-electron chi connectivity index (χ0n) is 17.5. The van der Waals surface area contributed by atoms with Crippen molar-refractivity contribution in [2.45, 2.75) is 69.0 Å². The molecule has 1 aliphatic carbocycles. The van der Waals surface area contributed by atoms with Crippen molar-refractivity contribution in [3.05, 3.63) is 34.9 Å². The van der Waals surface area contributed by atoms with Gasteiger partial charge in [-0.15, -0.1) is 0 Å². The number of halogens is 7. The van der Waals surface area contributed by atoms with Gasteiger partial charge in [0.15, 0.2) is 0 Å². The van der Waals surface area contributed by atoms with Gasteiger partial charge in [0, 0.05) is 29.5 Å². The van der Waals surface area contributed by atoms with E-state index in [9.17, 15) is 35.5 Å². The first-order valence-electron chi connectivity index (χ1n) is 10.8. The molecule has 2 fully saturated rings. The van der Waals surface area contributed by atoms with Gasteiger partial charge in [0.1, 0.15) is 0 Å². The number of nitrogens with one attached hydrogen (secondary N) is 1. The second kappa shape index (κ2) is 7.60. The van der Waals surface area contributed by atoms with Crippen LogP contribution in [0.1, 0.15) is 55.2 Å². The van der Waals surface area contributed by atoms with E-state index in [1.807, 2.05) is 11.8 Å². The minimum atomic E-state index is -6.13. The van der Waals surface area contributed by atoms with E-state index in [-0.39, 0.29) is 24.3 Å². The number of carbonyl (C=O) groups is 1. The van der Waals surface area contributed by atoms with Crippen LogP contribution in [0.25, 0.3) is 0 Å². The molecule has 0 aromatic heterocycles. The monoisotopic (exact) mass is 466 g/mol. The van der Waals surface area contributed by atoms with Crippen LogP contribution >= 0.6 is 0 Å². The number of likely N-dealkylation sites (tertiary alicyclic amines) is 1. The number of nitrogens with zero attached hydrogens (tertiary/aromatic N) is 1. The number of hydrogen-bond donors (Lipinski definition) is 1. The van der Waals surface area contributed by atoms with Crippen LogP contribution in [0.4, 0.5) is 30.7 Å². The molecule has 3 nitrogen and oxygen atoms in total. The maximum Gasteiger partial charge on any atom is 0.435 e. The highest BCUT2D eigenvalue weighted by atomic mass is 19.4. The quantitative estimate of drug-likeness (QED) is 0.623. The summed E-state index contributed by atoms with van der Waals surface area (Å²) in [6.07, 6.45) is -9.62. The van der Waals surface area contributed by atoms with E-state index < -0.39 is 29.0 Å². The molecule has 0 bridgehead atoms. The molecular formula is C22H25F7N2O. The Balaban J connectivity index is 1.62. The molecule has 3 aliphatic rings. The van der Waals surface area contributed by atoms with Crippen molar-refractivity contribution in [3.63, 3.8) is 0 Å². The van der Waals surface area contributed by atoms with Gasteiger partial charge in [-0.25, -0.2) is 4.39 Å². The largest absolute Gasteiger partial charge is 0.435 e. The van der Waals surface area contributed by atoms with Crippen LogP contribution in [0.2, 0.25) is 0 Å². The third kappa shape index (κ3) is 3.49. The predicted octanol–water partition coefficient (Wildman–Crippen LogP) is 5.00. The van der Waals surface area contributed by atoms with Crippen molar-refractivity contribution < 1.29 is 35.5 Å². The predicted molar refractivity (Wildman–Crippen MR) is 103 cm³/mol. The van der Waals surface area contributed by atoms with E-state index in [1.165, 1.54) is 6.07 Å². The molecule has 1 amide bonds. The van der Waals surface area contributed by atoms with Crippen molar-refractivity contribution >= 4 is 5.91 Å². The Morgan fingerprint density at radius 3 is 2.25 bits per heavy atom. The van der Waals surface area contributed by atoms with Gasteiger partial charge in [0.2, 0.25) is 5.91 Å². The summed E-state index contributed by atoms with van der Waals surface area (Å²) < 4.78 is 93.3. The molecule has 10 heteroatoms. The SMILES string of the molecule is CC1(C(=O)N2CCC3c4ccc(C(F)(C(F)(F)F)C(F)(F)F)cc4CC[C@H]32)CCNCC1. The normalized spacial score (nSPS) is 25.9. The zero-order chi connectivity index (χ0) is 23.5. The molecule has 2 heterocycles. The molecule has 4 rings (SSSR count). The fraction of sp³-hybridized carbons (Fsp3) is 0.682.